The molecular formula is C41H46F3N3O2. The summed E-state index contributed by atoms with van der Waals surface area (Å²) in [5.41, 5.74) is 3.91. The van der Waals surface area contributed by atoms with E-state index in [4.69, 9.17) is 0 Å². The van der Waals surface area contributed by atoms with Crippen molar-refractivity contribution in [3.8, 4) is 0 Å². The molecule has 1 fully saturated rings. The summed E-state index contributed by atoms with van der Waals surface area (Å²) in [6.45, 7) is 9.63. The van der Waals surface area contributed by atoms with Gasteiger partial charge in [-0.3, -0.25) is 14.5 Å². The molecule has 8 heteroatoms. The maximum absolute atomic E-state index is 14.4. The third kappa shape index (κ3) is 10.9. The minimum atomic E-state index is -4.44. The van der Waals surface area contributed by atoms with Crippen LogP contribution in [0.25, 0.3) is 6.08 Å². The van der Waals surface area contributed by atoms with Gasteiger partial charge in [-0.2, -0.15) is 13.2 Å². The third-order valence-electron chi connectivity index (χ3n) is 8.59. The van der Waals surface area contributed by atoms with Gasteiger partial charge >= 0.3 is 6.18 Å². The standard InChI is InChI=1S/C39H40F3N3O2.C2H6/c1-2-30-13-15-34(16-14-30)29-45(37(46)22-19-31-17-20-35(21-18-31)39(40,41)42)36(27-32-9-5-3-6-10-32)38(47)44-25-23-43(24-26-44)28-33-11-7-4-8-12-33;1-2/h3-22,36H,2,23-29H2,1H3;1-2H3/b22-19+;. The van der Waals surface area contributed by atoms with Crippen molar-refractivity contribution < 1.29 is 22.8 Å². The molecule has 4 aromatic carbocycles. The Morgan fingerprint density at radius 3 is 1.84 bits per heavy atom. The number of piperazine rings is 1. The van der Waals surface area contributed by atoms with Gasteiger partial charge in [0.2, 0.25) is 11.8 Å². The van der Waals surface area contributed by atoms with Gasteiger partial charge in [-0.1, -0.05) is 118 Å². The van der Waals surface area contributed by atoms with Gasteiger partial charge < -0.3 is 9.80 Å². The van der Waals surface area contributed by atoms with E-state index in [1.165, 1.54) is 35.4 Å². The van der Waals surface area contributed by atoms with Gasteiger partial charge in [-0.05, 0) is 52.4 Å². The van der Waals surface area contributed by atoms with Crippen LogP contribution in [0.15, 0.2) is 115 Å². The molecule has 49 heavy (non-hydrogen) atoms. The first-order chi connectivity index (χ1) is 23.7. The summed E-state index contributed by atoms with van der Waals surface area (Å²) in [4.78, 5) is 34.2. The van der Waals surface area contributed by atoms with E-state index in [0.717, 1.165) is 49.3 Å². The lowest BCUT2D eigenvalue weighted by Crippen LogP contribution is -2.56. The number of hydrogen-bond acceptors (Lipinski definition) is 3. The quantitative estimate of drug-likeness (QED) is 0.151. The highest BCUT2D eigenvalue weighted by atomic mass is 19.4. The Morgan fingerprint density at radius 2 is 1.29 bits per heavy atom. The van der Waals surface area contributed by atoms with Crippen molar-refractivity contribution in [2.75, 3.05) is 26.2 Å². The Morgan fingerprint density at radius 1 is 0.735 bits per heavy atom. The molecule has 0 N–H and O–H groups in total. The molecule has 0 aromatic heterocycles. The van der Waals surface area contributed by atoms with Crippen LogP contribution in [0.1, 0.15) is 54.2 Å². The zero-order valence-electron chi connectivity index (χ0n) is 28.6. The van der Waals surface area contributed by atoms with Crippen LogP contribution >= 0.6 is 0 Å². The molecule has 5 nitrogen and oxygen atoms in total. The fourth-order valence-corrected chi connectivity index (χ4v) is 5.81. The van der Waals surface area contributed by atoms with E-state index in [1.807, 2.05) is 91.5 Å². The SMILES string of the molecule is CC.CCc1ccc(CN(C(=O)/C=C/c2ccc(C(F)(F)F)cc2)C(Cc2ccccc2)C(=O)N2CCN(Cc3ccccc3)CC2)cc1. The summed E-state index contributed by atoms with van der Waals surface area (Å²) in [5.74, 6) is -0.504. The summed E-state index contributed by atoms with van der Waals surface area (Å²) in [5, 5.41) is 0. The Balaban J connectivity index is 0.00000265. The lowest BCUT2D eigenvalue weighted by atomic mass is 10.0. The Bertz CT molecular complexity index is 1620. The Hall–Kier alpha value is -4.69. The van der Waals surface area contributed by atoms with Crippen LogP contribution in [0.4, 0.5) is 13.2 Å². The average Bonchev–Trinajstić information content (AvgIpc) is 3.14. The minimum Gasteiger partial charge on any atom is -0.338 e. The van der Waals surface area contributed by atoms with Gasteiger partial charge in [0.1, 0.15) is 6.04 Å². The smallest absolute Gasteiger partial charge is 0.338 e. The van der Waals surface area contributed by atoms with Crippen LogP contribution in [0.5, 0.6) is 0 Å². The normalized spacial score (nSPS) is 14.2. The van der Waals surface area contributed by atoms with Crippen molar-refractivity contribution in [1.82, 2.24) is 14.7 Å². The first-order valence-corrected chi connectivity index (χ1v) is 17.0. The van der Waals surface area contributed by atoms with Crippen LogP contribution < -0.4 is 0 Å². The second-order valence-corrected chi connectivity index (χ2v) is 11.9. The van der Waals surface area contributed by atoms with E-state index in [-0.39, 0.29) is 18.4 Å². The largest absolute Gasteiger partial charge is 0.416 e. The third-order valence-corrected chi connectivity index (χ3v) is 8.59. The second-order valence-electron chi connectivity index (χ2n) is 11.9. The molecule has 0 spiro atoms. The summed E-state index contributed by atoms with van der Waals surface area (Å²) in [6.07, 6.45) is -0.380. The number of halogens is 3. The molecule has 0 aliphatic carbocycles. The first-order valence-electron chi connectivity index (χ1n) is 17.0. The van der Waals surface area contributed by atoms with Crippen LogP contribution in [0.3, 0.4) is 0 Å². The van der Waals surface area contributed by atoms with Gasteiger partial charge in [0, 0.05) is 51.8 Å². The van der Waals surface area contributed by atoms with Crippen molar-refractivity contribution in [1.29, 1.82) is 0 Å². The first kappa shape index (κ1) is 37.1. The molecule has 2 amide bonds. The van der Waals surface area contributed by atoms with Crippen molar-refractivity contribution >= 4 is 17.9 Å². The van der Waals surface area contributed by atoms with Gasteiger partial charge in [-0.15, -0.1) is 0 Å². The van der Waals surface area contributed by atoms with E-state index in [9.17, 15) is 22.8 Å². The number of carbonyl (C=O) groups is 2. The second kappa shape index (κ2) is 18.2. The molecule has 1 heterocycles. The molecular weight excluding hydrogens is 623 g/mol. The summed E-state index contributed by atoms with van der Waals surface area (Å²) >= 11 is 0. The number of amides is 2. The highest BCUT2D eigenvalue weighted by molar-refractivity contribution is 5.95. The molecule has 258 valence electrons. The molecule has 1 saturated heterocycles. The zero-order valence-corrected chi connectivity index (χ0v) is 28.6. The summed E-state index contributed by atoms with van der Waals surface area (Å²) < 4.78 is 39.3. The molecule has 0 saturated carbocycles. The molecule has 1 aliphatic rings. The maximum atomic E-state index is 14.4. The lowest BCUT2D eigenvalue weighted by Gasteiger charge is -2.39. The highest BCUT2D eigenvalue weighted by Crippen LogP contribution is 2.29. The van der Waals surface area contributed by atoms with E-state index in [2.05, 4.69) is 24.0 Å². The van der Waals surface area contributed by atoms with Crippen molar-refractivity contribution in [2.45, 2.75) is 58.9 Å². The van der Waals surface area contributed by atoms with Crippen molar-refractivity contribution in [3.63, 3.8) is 0 Å². The molecule has 0 radical (unpaired) electrons. The molecule has 1 atom stereocenters. The van der Waals surface area contributed by atoms with Crippen LogP contribution in [-0.4, -0.2) is 58.7 Å². The Labute approximate surface area is 288 Å². The number of carbonyl (C=O) groups excluding carboxylic acids is 2. The number of benzene rings is 4. The van der Waals surface area contributed by atoms with Crippen LogP contribution in [-0.2, 0) is 41.7 Å². The number of rotatable bonds is 11. The topological polar surface area (TPSA) is 43.9 Å². The molecule has 5 rings (SSSR count). The summed E-state index contributed by atoms with van der Waals surface area (Å²) in [6, 6.07) is 31.8. The van der Waals surface area contributed by atoms with E-state index >= 15 is 0 Å². The highest BCUT2D eigenvalue weighted by Gasteiger charge is 2.34. The molecule has 4 aromatic rings. The number of alkyl halides is 3. The molecule has 0 bridgehead atoms. The van der Waals surface area contributed by atoms with E-state index in [1.54, 1.807) is 4.90 Å². The predicted molar refractivity (Wildman–Crippen MR) is 190 cm³/mol. The predicted octanol–water partition coefficient (Wildman–Crippen LogP) is 8.29. The zero-order chi connectivity index (χ0) is 35.2. The van der Waals surface area contributed by atoms with Gasteiger partial charge in [0.05, 0.1) is 5.56 Å². The molecule has 1 unspecified atom stereocenters. The maximum Gasteiger partial charge on any atom is 0.416 e. The van der Waals surface area contributed by atoms with Crippen molar-refractivity contribution in [3.05, 3.63) is 149 Å². The van der Waals surface area contributed by atoms with Gasteiger partial charge in [0.15, 0.2) is 0 Å². The van der Waals surface area contributed by atoms with Crippen LogP contribution in [0, 0.1) is 0 Å². The number of nitrogens with zero attached hydrogens (tertiary/aromatic N) is 3. The molecule has 1 aliphatic heterocycles. The fourth-order valence-electron chi connectivity index (χ4n) is 5.81. The fraction of sp³-hybridized carbons (Fsp3) is 0.317. The Kier molecular flexibility index (Phi) is 13.8. The van der Waals surface area contributed by atoms with E-state index in [0.29, 0.717) is 25.1 Å². The number of aryl methyl sites for hydroxylation is 1. The monoisotopic (exact) mass is 669 g/mol. The van der Waals surface area contributed by atoms with Gasteiger partial charge in [0.25, 0.3) is 0 Å². The van der Waals surface area contributed by atoms with Gasteiger partial charge in [-0.25, -0.2) is 0 Å². The van der Waals surface area contributed by atoms with Crippen molar-refractivity contribution in [2.24, 2.45) is 0 Å². The average molecular weight is 670 g/mol. The minimum absolute atomic E-state index is 0.116. The van der Waals surface area contributed by atoms with Crippen LogP contribution in [0.2, 0.25) is 0 Å². The lowest BCUT2D eigenvalue weighted by molar-refractivity contribution is -0.145. The number of hydrogen-bond donors (Lipinski definition) is 0. The summed E-state index contributed by atoms with van der Waals surface area (Å²) in [7, 11) is 0. The van der Waals surface area contributed by atoms with E-state index < -0.39 is 17.8 Å².